The minimum absolute atomic E-state index is 0.113. The Balaban J connectivity index is 1.96. The molecule has 102 valence electrons. The average Bonchev–Trinajstić information content (AvgIpc) is 2.80. The van der Waals surface area contributed by atoms with Crippen LogP contribution in [0.1, 0.15) is 27.7 Å². The molecule has 0 radical (unpaired) electrons. The zero-order valence-electron chi connectivity index (χ0n) is 11.5. The van der Waals surface area contributed by atoms with Crippen LogP contribution in [0.2, 0.25) is 0 Å². The van der Waals surface area contributed by atoms with Gasteiger partial charge in [0.05, 0.1) is 11.2 Å². The fraction of sp³-hybridized carbons (Fsp3) is 0.538. The molecule has 4 nitrogen and oxygen atoms in total. The lowest BCUT2D eigenvalue weighted by molar-refractivity contribution is 0.00578. The number of ether oxygens (including phenoxy) is 2. The Labute approximate surface area is 111 Å². The molecule has 0 aliphatic carbocycles. The summed E-state index contributed by atoms with van der Waals surface area (Å²) in [5.74, 6) is 0.520. The van der Waals surface area contributed by atoms with Crippen LogP contribution in [0.3, 0.4) is 0 Å². The molecule has 19 heavy (non-hydrogen) atoms. The molecular formula is C13H16BFO4. The molecule has 2 aliphatic heterocycles. The summed E-state index contributed by atoms with van der Waals surface area (Å²) in [7, 11) is -0.737. The summed E-state index contributed by atoms with van der Waals surface area (Å²) in [6.07, 6.45) is 0. The van der Waals surface area contributed by atoms with Crippen molar-refractivity contribution in [2.45, 2.75) is 38.9 Å². The maximum absolute atomic E-state index is 14.1. The monoisotopic (exact) mass is 266 g/mol. The van der Waals surface area contributed by atoms with Crippen LogP contribution in [-0.2, 0) is 9.31 Å². The van der Waals surface area contributed by atoms with Gasteiger partial charge in [-0.1, -0.05) is 0 Å². The van der Waals surface area contributed by atoms with Crippen molar-refractivity contribution >= 4 is 12.6 Å². The molecule has 2 aliphatic rings. The van der Waals surface area contributed by atoms with Crippen LogP contribution in [0, 0.1) is 5.82 Å². The second-order valence-corrected chi connectivity index (χ2v) is 5.82. The number of rotatable bonds is 1. The van der Waals surface area contributed by atoms with Gasteiger partial charge in [0.1, 0.15) is 5.82 Å². The van der Waals surface area contributed by atoms with Crippen LogP contribution in [0.5, 0.6) is 11.5 Å². The van der Waals surface area contributed by atoms with E-state index < -0.39 is 24.1 Å². The van der Waals surface area contributed by atoms with Crippen molar-refractivity contribution in [1.29, 1.82) is 0 Å². The standard InChI is InChI=1S/C13H16BFO4/c1-12(2)13(3,4)19-14(18-12)8-5-10-11(6-9(8)15)17-7-16-10/h5-6H,7H2,1-4H3. The summed E-state index contributed by atoms with van der Waals surface area (Å²) >= 11 is 0. The zero-order valence-corrected chi connectivity index (χ0v) is 11.5. The predicted octanol–water partition coefficient (Wildman–Crippen LogP) is 1.85. The summed E-state index contributed by atoms with van der Waals surface area (Å²) in [5, 5.41) is 0. The second kappa shape index (κ2) is 3.87. The quantitative estimate of drug-likeness (QED) is 0.727. The number of halogens is 1. The number of fused-ring (bicyclic) bond motifs is 1. The number of hydrogen-bond acceptors (Lipinski definition) is 4. The Kier molecular flexibility index (Phi) is 2.60. The van der Waals surface area contributed by atoms with Gasteiger partial charge in [-0.2, -0.15) is 0 Å². The second-order valence-electron chi connectivity index (χ2n) is 5.82. The smallest absolute Gasteiger partial charge is 0.454 e. The highest BCUT2D eigenvalue weighted by Gasteiger charge is 2.52. The van der Waals surface area contributed by atoms with Gasteiger partial charge in [0, 0.05) is 11.5 Å². The van der Waals surface area contributed by atoms with Gasteiger partial charge in [0.25, 0.3) is 0 Å². The lowest BCUT2D eigenvalue weighted by Gasteiger charge is -2.32. The Morgan fingerprint density at radius 3 is 2.11 bits per heavy atom. The first kappa shape index (κ1) is 12.8. The van der Waals surface area contributed by atoms with Crippen LogP contribution in [-0.4, -0.2) is 25.1 Å². The zero-order chi connectivity index (χ0) is 13.8. The van der Waals surface area contributed by atoms with E-state index in [0.717, 1.165) is 0 Å². The van der Waals surface area contributed by atoms with Crippen molar-refractivity contribution in [3.05, 3.63) is 17.9 Å². The molecule has 1 aromatic carbocycles. The summed E-state index contributed by atoms with van der Waals surface area (Å²) in [5.41, 5.74) is -0.663. The van der Waals surface area contributed by atoms with Crippen molar-refractivity contribution in [1.82, 2.24) is 0 Å². The van der Waals surface area contributed by atoms with Gasteiger partial charge in [0.15, 0.2) is 11.5 Å². The van der Waals surface area contributed by atoms with Crippen molar-refractivity contribution < 1.29 is 23.2 Å². The molecule has 3 rings (SSSR count). The molecule has 2 heterocycles. The van der Waals surface area contributed by atoms with Crippen LogP contribution in [0.15, 0.2) is 12.1 Å². The minimum Gasteiger partial charge on any atom is -0.454 e. The first-order valence-corrected chi connectivity index (χ1v) is 6.25. The maximum Gasteiger partial charge on any atom is 0.497 e. The van der Waals surface area contributed by atoms with Crippen LogP contribution in [0.25, 0.3) is 0 Å². The summed E-state index contributed by atoms with van der Waals surface area (Å²) in [4.78, 5) is 0. The summed E-state index contributed by atoms with van der Waals surface area (Å²) in [6, 6.07) is 2.89. The summed E-state index contributed by atoms with van der Waals surface area (Å²) < 4.78 is 36.2. The SMILES string of the molecule is CC1(C)OB(c2cc3c(cc2F)OCO3)OC1(C)C. The topological polar surface area (TPSA) is 36.9 Å². The number of hydrogen-bond donors (Lipinski definition) is 0. The van der Waals surface area contributed by atoms with Gasteiger partial charge in [-0.15, -0.1) is 0 Å². The van der Waals surface area contributed by atoms with E-state index in [4.69, 9.17) is 18.8 Å². The Morgan fingerprint density at radius 2 is 1.53 bits per heavy atom. The fourth-order valence-electron chi connectivity index (χ4n) is 2.08. The van der Waals surface area contributed by atoms with Crippen LogP contribution in [0.4, 0.5) is 4.39 Å². The van der Waals surface area contributed by atoms with E-state index in [2.05, 4.69) is 0 Å². The van der Waals surface area contributed by atoms with Crippen molar-refractivity contribution in [2.75, 3.05) is 6.79 Å². The Hall–Kier alpha value is -1.27. The van der Waals surface area contributed by atoms with Crippen molar-refractivity contribution in [2.24, 2.45) is 0 Å². The lowest BCUT2D eigenvalue weighted by atomic mass is 9.78. The molecule has 0 amide bonds. The number of benzene rings is 1. The van der Waals surface area contributed by atoms with E-state index in [1.165, 1.54) is 6.07 Å². The molecule has 1 saturated heterocycles. The average molecular weight is 266 g/mol. The maximum atomic E-state index is 14.1. The highest BCUT2D eigenvalue weighted by molar-refractivity contribution is 6.62. The van der Waals surface area contributed by atoms with Gasteiger partial charge in [-0.05, 0) is 33.8 Å². The highest BCUT2D eigenvalue weighted by atomic mass is 19.1. The molecule has 1 aromatic rings. The van der Waals surface area contributed by atoms with Gasteiger partial charge in [0.2, 0.25) is 6.79 Å². The van der Waals surface area contributed by atoms with E-state index in [1.54, 1.807) is 6.07 Å². The van der Waals surface area contributed by atoms with Gasteiger partial charge in [-0.3, -0.25) is 0 Å². The van der Waals surface area contributed by atoms with Gasteiger partial charge in [-0.25, -0.2) is 4.39 Å². The van der Waals surface area contributed by atoms with Gasteiger partial charge < -0.3 is 18.8 Å². The van der Waals surface area contributed by atoms with E-state index in [-0.39, 0.29) is 6.79 Å². The Morgan fingerprint density at radius 1 is 1.00 bits per heavy atom. The molecule has 0 bridgehead atoms. The molecule has 0 unspecified atom stereocenters. The van der Waals surface area contributed by atoms with E-state index in [1.807, 2.05) is 27.7 Å². The van der Waals surface area contributed by atoms with E-state index >= 15 is 0 Å². The van der Waals surface area contributed by atoms with Crippen molar-refractivity contribution in [3.8, 4) is 11.5 Å². The molecule has 0 spiro atoms. The minimum atomic E-state index is -0.737. The molecule has 0 saturated carbocycles. The third-order valence-electron chi connectivity index (χ3n) is 4.00. The van der Waals surface area contributed by atoms with Gasteiger partial charge >= 0.3 is 7.12 Å². The molecule has 1 fully saturated rings. The Bertz CT molecular complexity index is 514. The normalized spacial score (nSPS) is 22.9. The molecule has 6 heteroatoms. The van der Waals surface area contributed by atoms with Crippen molar-refractivity contribution in [3.63, 3.8) is 0 Å². The molecule has 0 N–H and O–H groups in total. The van der Waals surface area contributed by atoms with E-state index in [0.29, 0.717) is 17.0 Å². The van der Waals surface area contributed by atoms with Crippen LogP contribution >= 0.6 is 0 Å². The fourth-order valence-corrected chi connectivity index (χ4v) is 2.08. The van der Waals surface area contributed by atoms with Crippen LogP contribution < -0.4 is 14.9 Å². The lowest BCUT2D eigenvalue weighted by Crippen LogP contribution is -2.41. The first-order valence-electron chi connectivity index (χ1n) is 6.25. The largest absolute Gasteiger partial charge is 0.497 e. The van der Waals surface area contributed by atoms with E-state index in [9.17, 15) is 4.39 Å². The third kappa shape index (κ3) is 1.90. The molecule has 0 aromatic heterocycles. The highest BCUT2D eigenvalue weighted by Crippen LogP contribution is 2.38. The summed E-state index contributed by atoms with van der Waals surface area (Å²) in [6.45, 7) is 7.83. The molecular weight excluding hydrogens is 250 g/mol. The first-order chi connectivity index (χ1) is 8.80. The molecule has 0 atom stereocenters. The third-order valence-corrected chi connectivity index (χ3v) is 4.00. The predicted molar refractivity (Wildman–Crippen MR) is 68.2 cm³/mol.